The average molecular weight is 706 g/mol. The molecule has 1 aliphatic carbocycles. The van der Waals surface area contributed by atoms with E-state index >= 15 is 0 Å². The van der Waals surface area contributed by atoms with Gasteiger partial charge in [-0.2, -0.15) is 0 Å². The standard InChI is InChI=1S/C52H35NO2/c1-2-46-50-42-27-25-34(29-45(42)52(55-30-54)43-22-11-23-47(53-46)51(43)50)33-24-26-41-44(28-33)49(38-21-10-15-32-13-4-6-17-36(32)38)40-19-8-7-18-39(40)48(41)37-20-9-14-31-12-3-5-16-35(31)37/h3-30,50,52H,2H2,1H3/t50?,52-/m1/s1. The van der Waals surface area contributed by atoms with E-state index in [1.54, 1.807) is 0 Å². The Morgan fingerprint density at radius 3 is 1.76 bits per heavy atom. The number of carbonyl (C=O) groups is 1. The van der Waals surface area contributed by atoms with Crippen molar-refractivity contribution in [3.8, 4) is 33.4 Å². The zero-order chi connectivity index (χ0) is 36.6. The third-order valence-corrected chi connectivity index (χ3v) is 12.0. The molecule has 0 amide bonds. The van der Waals surface area contributed by atoms with Gasteiger partial charge in [-0.25, -0.2) is 0 Å². The number of carbonyl (C=O) groups excluding carboxylic acids is 1. The van der Waals surface area contributed by atoms with Crippen LogP contribution < -0.4 is 0 Å². The third-order valence-electron chi connectivity index (χ3n) is 12.0. The van der Waals surface area contributed by atoms with Gasteiger partial charge in [0.25, 0.3) is 6.47 Å². The molecule has 0 fully saturated rings. The van der Waals surface area contributed by atoms with Gasteiger partial charge in [-0.05, 0) is 112 Å². The molecule has 0 saturated carbocycles. The van der Waals surface area contributed by atoms with Crippen molar-refractivity contribution in [1.82, 2.24) is 0 Å². The smallest absolute Gasteiger partial charge is 0.294 e. The van der Waals surface area contributed by atoms with Gasteiger partial charge >= 0.3 is 0 Å². The van der Waals surface area contributed by atoms with E-state index in [0.717, 1.165) is 45.6 Å². The Bertz CT molecular complexity index is 3090. The minimum absolute atomic E-state index is 0.0657. The largest absolute Gasteiger partial charge is 0.455 e. The second kappa shape index (κ2) is 12.4. The van der Waals surface area contributed by atoms with E-state index in [9.17, 15) is 4.79 Å². The van der Waals surface area contributed by atoms with E-state index in [0.29, 0.717) is 6.47 Å². The summed E-state index contributed by atoms with van der Waals surface area (Å²) in [5, 5.41) is 9.75. The Balaban J connectivity index is 1.21. The molecule has 55 heavy (non-hydrogen) atoms. The molecule has 3 heteroatoms. The van der Waals surface area contributed by atoms with Crippen molar-refractivity contribution in [1.29, 1.82) is 0 Å². The van der Waals surface area contributed by atoms with Gasteiger partial charge in [0.05, 0.1) is 11.6 Å². The summed E-state index contributed by atoms with van der Waals surface area (Å²) >= 11 is 0. The van der Waals surface area contributed by atoms with E-state index in [1.807, 2.05) is 6.07 Å². The number of ether oxygens (including phenoxy) is 1. The van der Waals surface area contributed by atoms with Crippen LogP contribution in [0, 0.1) is 0 Å². The Labute approximate surface area is 319 Å². The van der Waals surface area contributed by atoms with Crippen molar-refractivity contribution in [2.45, 2.75) is 25.4 Å². The highest BCUT2D eigenvalue weighted by Gasteiger charge is 2.40. The van der Waals surface area contributed by atoms with Gasteiger partial charge in [-0.15, -0.1) is 0 Å². The molecule has 9 aromatic rings. The first kappa shape index (κ1) is 31.7. The van der Waals surface area contributed by atoms with Crippen LogP contribution >= 0.6 is 0 Å². The summed E-state index contributed by atoms with van der Waals surface area (Å²) in [7, 11) is 0. The first-order valence-corrected chi connectivity index (χ1v) is 19.1. The molecule has 3 nitrogen and oxygen atoms in total. The van der Waals surface area contributed by atoms with Gasteiger partial charge in [-0.1, -0.05) is 153 Å². The minimum atomic E-state index is -0.501. The molecule has 11 rings (SSSR count). The molecule has 0 aromatic heterocycles. The Kier molecular flexibility index (Phi) is 7.12. The summed E-state index contributed by atoms with van der Waals surface area (Å²) in [5.41, 5.74) is 13.6. The zero-order valence-corrected chi connectivity index (χ0v) is 30.3. The van der Waals surface area contributed by atoms with Crippen LogP contribution in [-0.2, 0) is 9.53 Å². The fraction of sp³-hybridized carbons (Fsp3) is 0.0769. The lowest BCUT2D eigenvalue weighted by Gasteiger charge is -2.32. The topological polar surface area (TPSA) is 38.7 Å². The quantitative estimate of drug-likeness (QED) is 0.128. The van der Waals surface area contributed by atoms with E-state index in [2.05, 4.69) is 165 Å². The fourth-order valence-corrected chi connectivity index (χ4v) is 9.65. The lowest BCUT2D eigenvalue weighted by atomic mass is 9.74. The molecule has 1 aliphatic heterocycles. The molecule has 0 spiro atoms. The zero-order valence-electron chi connectivity index (χ0n) is 30.3. The monoisotopic (exact) mass is 705 g/mol. The van der Waals surface area contributed by atoms with Crippen molar-refractivity contribution in [3.63, 3.8) is 0 Å². The summed E-state index contributed by atoms with van der Waals surface area (Å²) in [5.74, 6) is 0.0657. The van der Waals surface area contributed by atoms with Gasteiger partial charge < -0.3 is 4.74 Å². The number of aliphatic imine (C=N–C) groups is 1. The summed E-state index contributed by atoms with van der Waals surface area (Å²) in [4.78, 5) is 17.1. The maximum Gasteiger partial charge on any atom is 0.294 e. The highest BCUT2D eigenvalue weighted by atomic mass is 16.5. The van der Waals surface area contributed by atoms with Crippen LogP contribution in [0.25, 0.3) is 76.5 Å². The Morgan fingerprint density at radius 1 is 0.527 bits per heavy atom. The molecule has 0 bridgehead atoms. The van der Waals surface area contributed by atoms with E-state index in [-0.39, 0.29) is 5.92 Å². The van der Waals surface area contributed by atoms with Crippen LogP contribution in [0.5, 0.6) is 0 Å². The Morgan fingerprint density at radius 2 is 1.09 bits per heavy atom. The van der Waals surface area contributed by atoms with E-state index in [4.69, 9.17) is 9.73 Å². The summed E-state index contributed by atoms with van der Waals surface area (Å²) in [6.07, 6.45) is 0.354. The van der Waals surface area contributed by atoms with Crippen molar-refractivity contribution < 1.29 is 9.53 Å². The third kappa shape index (κ3) is 4.69. The molecule has 9 aromatic carbocycles. The molecule has 1 heterocycles. The predicted molar refractivity (Wildman–Crippen MR) is 227 cm³/mol. The second-order valence-electron chi connectivity index (χ2n) is 14.7. The number of hydrogen-bond donors (Lipinski definition) is 0. The van der Waals surface area contributed by atoms with Crippen LogP contribution in [0.3, 0.4) is 0 Å². The predicted octanol–water partition coefficient (Wildman–Crippen LogP) is 13.5. The Hall–Kier alpha value is -6.84. The van der Waals surface area contributed by atoms with Crippen molar-refractivity contribution in [3.05, 3.63) is 186 Å². The molecule has 0 N–H and O–H groups in total. The number of rotatable bonds is 6. The van der Waals surface area contributed by atoms with Crippen molar-refractivity contribution in [2.75, 3.05) is 0 Å². The van der Waals surface area contributed by atoms with Crippen LogP contribution in [0.4, 0.5) is 5.69 Å². The van der Waals surface area contributed by atoms with Gasteiger partial charge in [0.2, 0.25) is 0 Å². The van der Waals surface area contributed by atoms with Crippen LogP contribution in [0.15, 0.2) is 169 Å². The summed E-state index contributed by atoms with van der Waals surface area (Å²) < 4.78 is 5.93. The highest BCUT2D eigenvalue weighted by molar-refractivity contribution is 6.25. The van der Waals surface area contributed by atoms with Gasteiger partial charge in [0.1, 0.15) is 0 Å². The molecule has 0 radical (unpaired) electrons. The number of hydrogen-bond acceptors (Lipinski definition) is 3. The highest BCUT2D eigenvalue weighted by Crippen LogP contribution is 2.53. The number of fused-ring (bicyclic) bond motifs is 6. The molecule has 1 unspecified atom stereocenters. The van der Waals surface area contributed by atoms with Crippen molar-refractivity contribution >= 4 is 61.0 Å². The summed E-state index contributed by atoms with van der Waals surface area (Å²) in [6, 6.07) is 59.4. The lowest BCUT2D eigenvalue weighted by molar-refractivity contribution is -0.132. The van der Waals surface area contributed by atoms with Crippen LogP contribution in [-0.4, -0.2) is 12.2 Å². The maximum absolute atomic E-state index is 12.0. The molecular weight excluding hydrogens is 671 g/mol. The van der Waals surface area contributed by atoms with Gasteiger partial charge in [0, 0.05) is 16.8 Å². The minimum Gasteiger partial charge on any atom is -0.455 e. The first-order valence-electron chi connectivity index (χ1n) is 19.1. The molecule has 2 atom stereocenters. The summed E-state index contributed by atoms with van der Waals surface area (Å²) in [6.45, 7) is 2.76. The van der Waals surface area contributed by atoms with E-state index in [1.165, 1.54) is 70.9 Å². The van der Waals surface area contributed by atoms with Crippen LogP contribution in [0.1, 0.15) is 47.6 Å². The van der Waals surface area contributed by atoms with Gasteiger partial charge in [0.15, 0.2) is 6.10 Å². The first-order chi connectivity index (χ1) is 27.2. The molecule has 0 saturated heterocycles. The molecule has 2 aliphatic rings. The fourth-order valence-electron chi connectivity index (χ4n) is 9.65. The maximum atomic E-state index is 12.0. The van der Waals surface area contributed by atoms with Crippen molar-refractivity contribution in [2.24, 2.45) is 4.99 Å². The number of nitrogens with zero attached hydrogens (tertiary/aromatic N) is 1. The normalized spacial score (nSPS) is 15.6. The SMILES string of the molecule is CCC1=Nc2cccc3c2C1c1ccc(-c2ccc4c(-c5cccc6ccccc56)c5ccccc5c(-c5cccc6ccccc56)c4c2)cc1[C@@H]3OC=O. The van der Waals surface area contributed by atoms with Crippen LogP contribution in [0.2, 0.25) is 0 Å². The second-order valence-corrected chi connectivity index (χ2v) is 14.7. The lowest BCUT2D eigenvalue weighted by Crippen LogP contribution is -2.22. The molecular formula is C52H35NO2. The van der Waals surface area contributed by atoms with Gasteiger partial charge in [-0.3, -0.25) is 9.79 Å². The van der Waals surface area contributed by atoms with E-state index < -0.39 is 6.10 Å². The average Bonchev–Trinajstić information content (AvgIpc) is 3.63. The molecule has 260 valence electrons. The number of benzene rings is 9.